The van der Waals surface area contributed by atoms with Gasteiger partial charge in [-0.05, 0) is 36.5 Å². The second-order valence-electron chi connectivity index (χ2n) is 5.29. The second-order valence-corrected chi connectivity index (χ2v) is 7.19. The maximum atomic E-state index is 13.2. The predicted octanol–water partition coefficient (Wildman–Crippen LogP) is 2.07. The first-order chi connectivity index (χ1) is 8.82. The molecule has 1 saturated heterocycles. The van der Waals surface area contributed by atoms with Gasteiger partial charge in [0.2, 0.25) is 10.0 Å². The fraction of sp³-hybridized carbons (Fsp3) is 0.538. The van der Waals surface area contributed by atoms with E-state index < -0.39 is 15.8 Å². The summed E-state index contributed by atoms with van der Waals surface area (Å²) < 4.78 is 39.6. The molecule has 0 amide bonds. The number of rotatable bonds is 2. The van der Waals surface area contributed by atoms with E-state index >= 15 is 0 Å². The molecule has 19 heavy (non-hydrogen) atoms. The highest BCUT2D eigenvalue weighted by Gasteiger charge is 2.32. The first-order valence-electron chi connectivity index (χ1n) is 6.37. The van der Waals surface area contributed by atoms with Crippen LogP contribution in [-0.4, -0.2) is 25.8 Å². The summed E-state index contributed by atoms with van der Waals surface area (Å²) in [6, 6.07) is 3.45. The fourth-order valence-corrected chi connectivity index (χ4v) is 4.00. The van der Waals surface area contributed by atoms with Crippen LogP contribution in [0, 0.1) is 17.7 Å². The molecule has 0 aliphatic carbocycles. The van der Waals surface area contributed by atoms with Gasteiger partial charge in [-0.1, -0.05) is 13.8 Å². The summed E-state index contributed by atoms with van der Waals surface area (Å²) in [6.07, 6.45) is 0.815. The summed E-state index contributed by atoms with van der Waals surface area (Å²) in [7, 11) is -3.70. The highest BCUT2D eigenvalue weighted by molar-refractivity contribution is 7.89. The maximum absolute atomic E-state index is 13.2. The molecular formula is C13H19FN2O2S. The lowest BCUT2D eigenvalue weighted by atomic mass is 9.90. The third-order valence-electron chi connectivity index (χ3n) is 3.89. The highest BCUT2D eigenvalue weighted by atomic mass is 32.2. The minimum Gasteiger partial charge on any atom is -0.398 e. The normalized spacial score (nSPS) is 25.4. The molecule has 1 fully saturated rings. The Morgan fingerprint density at radius 1 is 1.32 bits per heavy atom. The van der Waals surface area contributed by atoms with Crippen LogP contribution >= 0.6 is 0 Å². The molecule has 2 N–H and O–H groups in total. The van der Waals surface area contributed by atoms with Gasteiger partial charge in [0.25, 0.3) is 0 Å². The first-order valence-corrected chi connectivity index (χ1v) is 7.81. The van der Waals surface area contributed by atoms with Crippen molar-refractivity contribution < 1.29 is 12.8 Å². The third kappa shape index (κ3) is 2.74. The summed E-state index contributed by atoms with van der Waals surface area (Å²) >= 11 is 0. The van der Waals surface area contributed by atoms with E-state index in [-0.39, 0.29) is 10.6 Å². The van der Waals surface area contributed by atoms with Crippen molar-refractivity contribution in [1.29, 1.82) is 0 Å². The number of halogens is 1. The van der Waals surface area contributed by atoms with E-state index in [2.05, 4.69) is 6.92 Å². The summed E-state index contributed by atoms with van der Waals surface area (Å²) in [6.45, 7) is 5.07. The van der Waals surface area contributed by atoms with Crippen LogP contribution in [0.4, 0.5) is 10.1 Å². The Hall–Kier alpha value is -1.14. The molecule has 0 aromatic heterocycles. The number of piperidine rings is 1. The van der Waals surface area contributed by atoms with Crippen LogP contribution in [0.2, 0.25) is 0 Å². The largest absolute Gasteiger partial charge is 0.398 e. The smallest absolute Gasteiger partial charge is 0.245 e. The maximum Gasteiger partial charge on any atom is 0.245 e. The Morgan fingerprint density at radius 3 is 2.63 bits per heavy atom. The van der Waals surface area contributed by atoms with E-state index in [4.69, 9.17) is 5.73 Å². The lowest BCUT2D eigenvalue weighted by molar-refractivity contribution is 0.212. The van der Waals surface area contributed by atoms with Crippen LogP contribution < -0.4 is 5.73 Å². The van der Waals surface area contributed by atoms with Crippen LogP contribution in [0.15, 0.2) is 23.1 Å². The molecule has 4 nitrogen and oxygen atoms in total. The number of nitrogens with zero attached hydrogens (tertiary/aromatic N) is 1. The van der Waals surface area contributed by atoms with Gasteiger partial charge in [0.15, 0.2) is 0 Å². The zero-order valence-corrected chi connectivity index (χ0v) is 12.0. The van der Waals surface area contributed by atoms with Crippen molar-refractivity contribution in [3.05, 3.63) is 24.0 Å². The summed E-state index contributed by atoms with van der Waals surface area (Å²) in [5, 5.41) is 0. The molecule has 1 aromatic carbocycles. The van der Waals surface area contributed by atoms with Gasteiger partial charge in [0.1, 0.15) is 10.7 Å². The molecule has 2 atom stereocenters. The number of anilines is 1. The average Bonchev–Trinajstić information content (AvgIpc) is 2.35. The van der Waals surface area contributed by atoms with Gasteiger partial charge in [0, 0.05) is 13.1 Å². The Kier molecular flexibility index (Phi) is 3.82. The fourth-order valence-electron chi connectivity index (χ4n) is 2.31. The zero-order chi connectivity index (χ0) is 14.2. The highest BCUT2D eigenvalue weighted by Crippen LogP contribution is 2.29. The lowest BCUT2D eigenvalue weighted by Gasteiger charge is -2.34. The van der Waals surface area contributed by atoms with Crippen LogP contribution in [0.3, 0.4) is 0 Å². The van der Waals surface area contributed by atoms with Crippen molar-refractivity contribution in [2.24, 2.45) is 11.8 Å². The van der Waals surface area contributed by atoms with Crippen molar-refractivity contribution >= 4 is 15.7 Å². The molecule has 0 bridgehead atoms. The molecule has 0 saturated carbocycles. The Balaban J connectivity index is 2.35. The minimum absolute atomic E-state index is 0.0904. The third-order valence-corrected chi connectivity index (χ3v) is 5.81. The molecule has 1 aromatic rings. The van der Waals surface area contributed by atoms with Gasteiger partial charge in [-0.2, -0.15) is 4.31 Å². The SMILES string of the molecule is CC1CCN(S(=O)(=O)c2cc(F)ccc2N)CC1C. The van der Waals surface area contributed by atoms with Crippen LogP contribution in [0.1, 0.15) is 20.3 Å². The van der Waals surface area contributed by atoms with Gasteiger partial charge in [-0.25, -0.2) is 12.8 Å². The Labute approximate surface area is 113 Å². The van der Waals surface area contributed by atoms with Gasteiger partial charge in [-0.3, -0.25) is 0 Å². The second kappa shape index (κ2) is 5.09. The molecule has 0 radical (unpaired) electrons. The van der Waals surface area contributed by atoms with Crippen molar-refractivity contribution in [3.8, 4) is 0 Å². The van der Waals surface area contributed by atoms with E-state index in [1.165, 1.54) is 10.4 Å². The number of benzene rings is 1. The standard InChI is InChI=1S/C13H19FN2O2S/c1-9-5-6-16(8-10(9)2)19(17,18)13-7-11(14)3-4-12(13)15/h3-4,7,9-10H,5-6,8,15H2,1-2H3. The minimum atomic E-state index is -3.70. The van der Waals surface area contributed by atoms with Crippen molar-refractivity contribution in [2.45, 2.75) is 25.2 Å². The summed E-state index contributed by atoms with van der Waals surface area (Å²) in [4.78, 5) is -0.130. The van der Waals surface area contributed by atoms with Crippen molar-refractivity contribution in [2.75, 3.05) is 18.8 Å². The molecule has 0 spiro atoms. The van der Waals surface area contributed by atoms with Gasteiger partial charge < -0.3 is 5.73 Å². The number of nitrogens with two attached hydrogens (primary N) is 1. The molecule has 2 rings (SSSR count). The molecular weight excluding hydrogens is 267 g/mol. The van der Waals surface area contributed by atoms with E-state index in [1.807, 2.05) is 6.92 Å². The monoisotopic (exact) mass is 286 g/mol. The van der Waals surface area contributed by atoms with Crippen molar-refractivity contribution in [1.82, 2.24) is 4.31 Å². The number of hydrogen-bond donors (Lipinski definition) is 1. The Bertz CT molecular complexity index is 574. The van der Waals surface area contributed by atoms with E-state index in [1.54, 1.807) is 0 Å². The molecule has 2 unspecified atom stereocenters. The summed E-state index contributed by atoms with van der Waals surface area (Å²) in [5.74, 6) is 0.195. The average molecular weight is 286 g/mol. The van der Waals surface area contributed by atoms with E-state index in [0.29, 0.717) is 24.9 Å². The molecule has 1 aliphatic rings. The molecule has 106 valence electrons. The van der Waals surface area contributed by atoms with Crippen LogP contribution in [0.25, 0.3) is 0 Å². The number of hydrogen-bond acceptors (Lipinski definition) is 3. The van der Waals surface area contributed by atoms with Crippen LogP contribution in [-0.2, 0) is 10.0 Å². The molecule has 1 heterocycles. The lowest BCUT2D eigenvalue weighted by Crippen LogP contribution is -2.42. The quantitative estimate of drug-likeness (QED) is 0.847. The summed E-state index contributed by atoms with van der Waals surface area (Å²) in [5.41, 5.74) is 5.76. The van der Waals surface area contributed by atoms with E-state index in [9.17, 15) is 12.8 Å². The molecule has 1 aliphatic heterocycles. The number of sulfonamides is 1. The Morgan fingerprint density at radius 2 is 2.00 bits per heavy atom. The van der Waals surface area contributed by atoms with Crippen LogP contribution in [0.5, 0.6) is 0 Å². The molecule has 6 heteroatoms. The van der Waals surface area contributed by atoms with Gasteiger partial charge >= 0.3 is 0 Å². The predicted molar refractivity (Wildman–Crippen MR) is 72.5 cm³/mol. The van der Waals surface area contributed by atoms with Crippen molar-refractivity contribution in [3.63, 3.8) is 0 Å². The number of nitrogen functional groups attached to an aromatic ring is 1. The van der Waals surface area contributed by atoms with Gasteiger partial charge in [-0.15, -0.1) is 0 Å². The van der Waals surface area contributed by atoms with Gasteiger partial charge in [0.05, 0.1) is 5.69 Å². The van der Waals surface area contributed by atoms with E-state index in [0.717, 1.165) is 18.6 Å². The topological polar surface area (TPSA) is 63.4 Å². The zero-order valence-electron chi connectivity index (χ0n) is 11.1. The first kappa shape index (κ1) is 14.3.